The van der Waals surface area contributed by atoms with Gasteiger partial charge in [0.05, 0.1) is 0 Å². The summed E-state index contributed by atoms with van der Waals surface area (Å²) in [7, 11) is 0. The highest BCUT2D eigenvalue weighted by atomic mass is 35.5. The number of urea groups is 1. The van der Waals surface area contributed by atoms with Crippen LogP contribution in [0.4, 0.5) is 10.5 Å². The molecule has 0 aromatic heterocycles. The highest BCUT2D eigenvalue weighted by molar-refractivity contribution is 6.18. The lowest BCUT2D eigenvalue weighted by molar-refractivity contribution is 0.249. The third-order valence-electron chi connectivity index (χ3n) is 3.36. The van der Waals surface area contributed by atoms with Crippen molar-refractivity contribution < 1.29 is 4.79 Å². The zero-order chi connectivity index (χ0) is 14.3. The molecule has 0 saturated heterocycles. The summed E-state index contributed by atoms with van der Waals surface area (Å²) in [5.41, 5.74) is 2.09. The summed E-state index contributed by atoms with van der Waals surface area (Å²) >= 11 is 5.74. The van der Waals surface area contributed by atoms with Crippen molar-refractivity contribution >= 4 is 23.3 Å². The van der Waals surface area contributed by atoms with Crippen molar-refractivity contribution in [3.63, 3.8) is 0 Å². The third-order valence-corrected chi connectivity index (χ3v) is 3.74. The molecule has 4 heteroatoms. The summed E-state index contributed by atoms with van der Waals surface area (Å²) in [5, 5.41) is 5.65. The van der Waals surface area contributed by atoms with Crippen LogP contribution < -0.4 is 10.6 Å². The summed E-state index contributed by atoms with van der Waals surface area (Å²) in [6.45, 7) is 6.36. The topological polar surface area (TPSA) is 41.1 Å². The van der Waals surface area contributed by atoms with Crippen LogP contribution in [-0.4, -0.2) is 18.0 Å². The number of anilines is 1. The molecule has 2 atom stereocenters. The van der Waals surface area contributed by atoms with Gasteiger partial charge in [-0.25, -0.2) is 4.79 Å². The predicted molar refractivity (Wildman–Crippen MR) is 82.1 cm³/mol. The Kier molecular flexibility index (Phi) is 6.71. The van der Waals surface area contributed by atoms with Gasteiger partial charge in [0.2, 0.25) is 0 Å². The van der Waals surface area contributed by atoms with Crippen molar-refractivity contribution in [1.29, 1.82) is 0 Å². The van der Waals surface area contributed by atoms with E-state index in [0.717, 1.165) is 18.5 Å². The molecule has 3 nitrogen and oxygen atoms in total. The van der Waals surface area contributed by atoms with Gasteiger partial charge in [-0.1, -0.05) is 32.9 Å². The zero-order valence-corrected chi connectivity index (χ0v) is 12.6. The number of halogens is 1. The normalized spacial score (nSPS) is 13.7. The minimum absolute atomic E-state index is 0.0149. The fourth-order valence-corrected chi connectivity index (χ4v) is 2.03. The van der Waals surface area contributed by atoms with Crippen LogP contribution in [0, 0.1) is 0 Å². The third kappa shape index (κ3) is 5.11. The fraction of sp³-hybridized carbons (Fsp3) is 0.533. The van der Waals surface area contributed by atoms with Gasteiger partial charge in [-0.3, -0.25) is 0 Å². The molecule has 1 unspecified atom stereocenters. The van der Waals surface area contributed by atoms with Gasteiger partial charge in [0.15, 0.2) is 0 Å². The first-order valence-electron chi connectivity index (χ1n) is 6.84. The monoisotopic (exact) mass is 282 g/mol. The van der Waals surface area contributed by atoms with Crippen LogP contribution >= 0.6 is 11.6 Å². The number of hydrogen-bond donors (Lipinski definition) is 2. The van der Waals surface area contributed by atoms with Crippen LogP contribution in [0.25, 0.3) is 0 Å². The molecule has 19 heavy (non-hydrogen) atoms. The molecule has 2 N–H and O–H groups in total. The number of alkyl halides is 1. The van der Waals surface area contributed by atoms with E-state index in [1.807, 2.05) is 19.1 Å². The Morgan fingerprint density at radius 2 is 1.84 bits per heavy atom. The lowest BCUT2D eigenvalue weighted by Crippen LogP contribution is -2.38. The van der Waals surface area contributed by atoms with Gasteiger partial charge >= 0.3 is 6.03 Å². The lowest BCUT2D eigenvalue weighted by atomic mass is 9.99. The molecular weight excluding hydrogens is 260 g/mol. The van der Waals surface area contributed by atoms with Crippen molar-refractivity contribution in [3.8, 4) is 0 Å². The van der Waals surface area contributed by atoms with E-state index in [-0.39, 0.29) is 12.1 Å². The molecule has 0 aliphatic heterocycles. The van der Waals surface area contributed by atoms with Gasteiger partial charge in [0.25, 0.3) is 0 Å². The average Bonchev–Trinajstić information content (AvgIpc) is 2.44. The van der Waals surface area contributed by atoms with Gasteiger partial charge < -0.3 is 10.6 Å². The number of carbonyl (C=O) groups is 1. The molecule has 0 heterocycles. The van der Waals surface area contributed by atoms with Gasteiger partial charge in [-0.15, -0.1) is 11.6 Å². The van der Waals surface area contributed by atoms with Crippen molar-refractivity contribution in [2.75, 3.05) is 11.2 Å². The molecule has 0 aliphatic carbocycles. The van der Waals surface area contributed by atoms with E-state index >= 15 is 0 Å². The van der Waals surface area contributed by atoms with Crippen molar-refractivity contribution in [2.45, 2.75) is 45.6 Å². The second-order valence-corrected chi connectivity index (χ2v) is 5.10. The minimum atomic E-state index is -0.205. The molecule has 0 fully saturated rings. The Bertz CT molecular complexity index is 388. The molecule has 1 aromatic carbocycles. The van der Waals surface area contributed by atoms with E-state index in [1.165, 1.54) is 5.56 Å². The molecule has 0 saturated carbocycles. The van der Waals surface area contributed by atoms with Crippen molar-refractivity contribution in [3.05, 3.63) is 29.8 Å². The second kappa shape index (κ2) is 8.05. The van der Waals surface area contributed by atoms with Crippen molar-refractivity contribution in [1.82, 2.24) is 5.32 Å². The first-order valence-corrected chi connectivity index (χ1v) is 7.37. The van der Waals surface area contributed by atoms with Crippen molar-refractivity contribution in [2.24, 2.45) is 0 Å². The van der Waals surface area contributed by atoms with Gasteiger partial charge in [0.1, 0.15) is 0 Å². The average molecular weight is 283 g/mol. The predicted octanol–water partition coefficient (Wildman–Crippen LogP) is 4.34. The molecular formula is C15H23ClN2O. The first kappa shape index (κ1) is 15.8. The van der Waals surface area contributed by atoms with E-state index in [1.54, 1.807) is 0 Å². The summed E-state index contributed by atoms with van der Waals surface area (Å²) in [6, 6.07) is 7.79. The highest BCUT2D eigenvalue weighted by Gasteiger charge is 2.09. The van der Waals surface area contributed by atoms with Crippen LogP contribution in [0.2, 0.25) is 0 Å². The lowest BCUT2D eigenvalue weighted by Gasteiger charge is -2.15. The smallest absolute Gasteiger partial charge is 0.319 e. The van der Waals surface area contributed by atoms with Crippen LogP contribution in [0.1, 0.15) is 45.1 Å². The summed E-state index contributed by atoms with van der Waals surface area (Å²) in [6.07, 6.45) is 1.94. The first-order chi connectivity index (χ1) is 9.10. The maximum atomic E-state index is 11.7. The molecule has 0 radical (unpaired) electrons. The summed E-state index contributed by atoms with van der Waals surface area (Å²) in [4.78, 5) is 11.7. The number of nitrogens with one attached hydrogen (secondary N) is 2. The SMILES string of the molecule is CCC(C)c1ccc(NC(=O)N[C@H](CC)CCl)cc1. The Balaban J connectivity index is 2.55. The molecule has 1 aromatic rings. The Morgan fingerprint density at radius 3 is 2.32 bits per heavy atom. The number of rotatable bonds is 6. The van der Waals surface area contributed by atoms with E-state index in [0.29, 0.717) is 11.8 Å². The largest absolute Gasteiger partial charge is 0.334 e. The molecule has 0 aliphatic rings. The molecule has 106 valence electrons. The van der Waals surface area contributed by atoms with Crippen LogP contribution in [0.3, 0.4) is 0 Å². The van der Waals surface area contributed by atoms with Gasteiger partial charge in [0, 0.05) is 17.6 Å². The number of amides is 2. The minimum Gasteiger partial charge on any atom is -0.334 e. The maximum absolute atomic E-state index is 11.7. The highest BCUT2D eigenvalue weighted by Crippen LogP contribution is 2.20. The summed E-state index contributed by atoms with van der Waals surface area (Å²) < 4.78 is 0. The number of benzene rings is 1. The quantitative estimate of drug-likeness (QED) is 0.749. The molecule has 0 spiro atoms. The van der Waals surface area contributed by atoms with E-state index in [2.05, 4.69) is 36.6 Å². The van der Waals surface area contributed by atoms with E-state index in [9.17, 15) is 4.79 Å². The molecule has 2 amide bonds. The molecule has 0 bridgehead atoms. The Morgan fingerprint density at radius 1 is 1.21 bits per heavy atom. The van der Waals surface area contributed by atoms with E-state index in [4.69, 9.17) is 11.6 Å². The second-order valence-electron chi connectivity index (χ2n) is 4.79. The van der Waals surface area contributed by atoms with Crippen LogP contribution in [-0.2, 0) is 0 Å². The van der Waals surface area contributed by atoms with Crippen LogP contribution in [0.15, 0.2) is 24.3 Å². The maximum Gasteiger partial charge on any atom is 0.319 e. The Hall–Kier alpha value is -1.22. The molecule has 1 rings (SSSR count). The number of hydrogen-bond acceptors (Lipinski definition) is 1. The van der Waals surface area contributed by atoms with Crippen LogP contribution in [0.5, 0.6) is 0 Å². The fourth-order valence-electron chi connectivity index (χ4n) is 1.73. The van der Waals surface area contributed by atoms with Gasteiger partial charge in [-0.2, -0.15) is 0 Å². The van der Waals surface area contributed by atoms with E-state index < -0.39 is 0 Å². The zero-order valence-electron chi connectivity index (χ0n) is 11.9. The van der Waals surface area contributed by atoms with Gasteiger partial charge in [-0.05, 0) is 36.5 Å². The number of carbonyl (C=O) groups excluding carboxylic acids is 1. The summed E-state index contributed by atoms with van der Waals surface area (Å²) in [5.74, 6) is 0.972. The Labute approximate surface area is 120 Å². The standard InChI is InChI=1S/C15H23ClN2O/c1-4-11(3)12-6-8-14(9-7-12)18-15(19)17-13(5-2)10-16/h6-9,11,13H,4-5,10H2,1-3H3,(H2,17,18,19)/t11?,13-/m1/s1.